The van der Waals surface area contributed by atoms with Gasteiger partial charge in [0, 0.05) is 34.8 Å². The van der Waals surface area contributed by atoms with E-state index in [1.807, 2.05) is 37.3 Å². The summed E-state index contributed by atoms with van der Waals surface area (Å²) in [5.74, 6) is -1.15. The van der Waals surface area contributed by atoms with Crippen molar-refractivity contribution < 1.29 is 24.0 Å². The van der Waals surface area contributed by atoms with E-state index in [1.54, 1.807) is 23.1 Å². The van der Waals surface area contributed by atoms with Gasteiger partial charge in [0.15, 0.2) is 5.76 Å². The maximum absolute atomic E-state index is 13.5. The largest absolute Gasteiger partial charge is 0.480 e. The number of carboxylic acid groups (broad SMARTS) is 1. The summed E-state index contributed by atoms with van der Waals surface area (Å²) in [6.45, 7) is 1.67. The van der Waals surface area contributed by atoms with Gasteiger partial charge in [-0.3, -0.25) is 14.4 Å². The second-order valence-corrected chi connectivity index (χ2v) is 8.83. The van der Waals surface area contributed by atoms with Crippen molar-refractivity contribution >= 4 is 35.1 Å². The van der Waals surface area contributed by atoms with E-state index in [1.165, 1.54) is 4.90 Å². The zero-order chi connectivity index (χ0) is 23.3. The van der Waals surface area contributed by atoms with E-state index in [9.17, 15) is 19.5 Å². The number of aliphatic carboxylic acids is 1. The minimum atomic E-state index is -1.18. The van der Waals surface area contributed by atoms with Crippen LogP contribution in [0.15, 0.2) is 53.1 Å². The van der Waals surface area contributed by atoms with Gasteiger partial charge in [0.1, 0.15) is 12.0 Å². The molecule has 9 heteroatoms. The number of benzene rings is 2. The third-order valence-electron chi connectivity index (χ3n) is 6.35. The molecule has 1 fully saturated rings. The highest BCUT2D eigenvalue weighted by Crippen LogP contribution is 2.49. The first-order chi connectivity index (χ1) is 15.8. The predicted octanol–water partition coefficient (Wildman–Crippen LogP) is 3.40. The van der Waals surface area contributed by atoms with Gasteiger partial charge in [0.05, 0.1) is 12.2 Å². The summed E-state index contributed by atoms with van der Waals surface area (Å²) in [6, 6.07) is 14.4. The van der Waals surface area contributed by atoms with Gasteiger partial charge in [-0.1, -0.05) is 47.1 Å². The zero-order valence-electron chi connectivity index (χ0n) is 17.7. The zero-order valence-corrected chi connectivity index (χ0v) is 18.5. The number of halogens is 1. The lowest BCUT2D eigenvalue weighted by Crippen LogP contribution is -2.44. The molecule has 1 saturated heterocycles. The molecule has 168 valence electrons. The first-order valence-electron chi connectivity index (χ1n) is 10.4. The fraction of sp³-hybridized carbons (Fsp3) is 0.250. The second-order valence-electron chi connectivity index (χ2n) is 8.40. The molecule has 1 atom stereocenters. The minimum Gasteiger partial charge on any atom is -0.480 e. The fourth-order valence-corrected chi connectivity index (χ4v) is 4.96. The smallest absolute Gasteiger partial charge is 0.323 e. The van der Waals surface area contributed by atoms with Crippen LogP contribution in [0.1, 0.15) is 23.2 Å². The molecule has 0 bridgehead atoms. The number of aromatic nitrogens is 1. The molecule has 2 amide bonds. The van der Waals surface area contributed by atoms with Gasteiger partial charge >= 0.3 is 5.97 Å². The highest BCUT2D eigenvalue weighted by atomic mass is 35.5. The van der Waals surface area contributed by atoms with Gasteiger partial charge < -0.3 is 19.4 Å². The standard InChI is InChI=1S/C24H20ClN3O5/c1-14-17(22(33-26-14)15-5-3-2-4-6-15)11-27-13-24(10-20(27)29)18-9-16(25)7-8-19(18)28(23(24)32)12-21(30)31/h2-9H,10-13H2,1H3,(H,30,31). The molecule has 0 radical (unpaired) electrons. The average Bonchev–Trinajstić information content (AvgIpc) is 3.38. The van der Waals surface area contributed by atoms with Crippen LogP contribution in [0.5, 0.6) is 0 Å². The Morgan fingerprint density at radius 3 is 2.70 bits per heavy atom. The summed E-state index contributed by atoms with van der Waals surface area (Å²) < 4.78 is 5.55. The van der Waals surface area contributed by atoms with Gasteiger partial charge in [-0.2, -0.15) is 0 Å². The molecule has 2 aliphatic rings. The number of likely N-dealkylation sites (tertiary alicyclic amines) is 1. The van der Waals surface area contributed by atoms with Crippen molar-refractivity contribution in [3.63, 3.8) is 0 Å². The number of rotatable bonds is 5. The van der Waals surface area contributed by atoms with Crippen LogP contribution < -0.4 is 4.90 Å². The number of carbonyl (C=O) groups is 3. The molecule has 2 aliphatic heterocycles. The molecule has 1 unspecified atom stereocenters. The van der Waals surface area contributed by atoms with Gasteiger partial charge in [-0.05, 0) is 30.7 Å². The molecule has 3 heterocycles. The Balaban J connectivity index is 1.51. The molecular formula is C24H20ClN3O5. The SMILES string of the molecule is Cc1noc(-c2ccccc2)c1CN1CC2(CC1=O)C(=O)N(CC(=O)O)c1ccc(Cl)cc12. The number of anilines is 1. The monoisotopic (exact) mass is 465 g/mol. The van der Waals surface area contributed by atoms with Crippen molar-refractivity contribution in [3.05, 3.63) is 70.4 Å². The van der Waals surface area contributed by atoms with Crippen LogP contribution in [0.25, 0.3) is 11.3 Å². The molecule has 0 saturated carbocycles. The highest BCUT2D eigenvalue weighted by Gasteiger charge is 2.57. The minimum absolute atomic E-state index is 0.0553. The molecule has 33 heavy (non-hydrogen) atoms. The lowest BCUT2D eigenvalue weighted by atomic mass is 9.81. The molecule has 3 aromatic rings. The van der Waals surface area contributed by atoms with Crippen molar-refractivity contribution in [2.75, 3.05) is 18.0 Å². The van der Waals surface area contributed by atoms with Crippen LogP contribution in [0, 0.1) is 6.92 Å². The number of amides is 2. The molecule has 1 aromatic heterocycles. The molecule has 8 nitrogen and oxygen atoms in total. The molecule has 1 spiro atoms. The Kier molecular flexibility index (Phi) is 4.97. The van der Waals surface area contributed by atoms with E-state index in [0.29, 0.717) is 27.7 Å². The number of hydrogen-bond donors (Lipinski definition) is 1. The maximum atomic E-state index is 13.5. The predicted molar refractivity (Wildman–Crippen MR) is 120 cm³/mol. The van der Waals surface area contributed by atoms with Crippen LogP contribution in [0.4, 0.5) is 5.69 Å². The summed E-state index contributed by atoms with van der Waals surface area (Å²) in [6.07, 6.45) is -0.0553. The quantitative estimate of drug-likeness (QED) is 0.619. The Hall–Kier alpha value is -3.65. The summed E-state index contributed by atoms with van der Waals surface area (Å²) in [5, 5.41) is 13.8. The van der Waals surface area contributed by atoms with E-state index in [0.717, 1.165) is 11.1 Å². The Bertz CT molecular complexity index is 1290. The molecule has 0 aliphatic carbocycles. The topological polar surface area (TPSA) is 104 Å². The lowest BCUT2D eigenvalue weighted by molar-refractivity contribution is -0.137. The van der Waals surface area contributed by atoms with Crippen LogP contribution in [0.2, 0.25) is 5.02 Å². The van der Waals surface area contributed by atoms with Crippen LogP contribution in [-0.2, 0) is 26.3 Å². The molecular weight excluding hydrogens is 446 g/mol. The first kappa shape index (κ1) is 21.2. The fourth-order valence-electron chi connectivity index (χ4n) is 4.79. The van der Waals surface area contributed by atoms with Crippen molar-refractivity contribution in [2.45, 2.75) is 25.3 Å². The third-order valence-corrected chi connectivity index (χ3v) is 6.58. The van der Waals surface area contributed by atoms with Crippen LogP contribution in [-0.4, -0.2) is 46.0 Å². The Morgan fingerprint density at radius 2 is 1.97 bits per heavy atom. The Labute approximate surface area is 194 Å². The van der Waals surface area contributed by atoms with Crippen molar-refractivity contribution in [1.82, 2.24) is 10.1 Å². The molecule has 1 N–H and O–H groups in total. The third kappa shape index (κ3) is 3.38. The van der Waals surface area contributed by atoms with Gasteiger partial charge in [0.25, 0.3) is 0 Å². The van der Waals surface area contributed by atoms with Gasteiger partial charge in [0.2, 0.25) is 11.8 Å². The number of hydrogen-bond acceptors (Lipinski definition) is 5. The lowest BCUT2D eigenvalue weighted by Gasteiger charge is -2.23. The number of aryl methyl sites for hydroxylation is 1. The number of carboxylic acids is 1. The van der Waals surface area contributed by atoms with Crippen LogP contribution >= 0.6 is 11.6 Å². The summed E-state index contributed by atoms with van der Waals surface area (Å²) >= 11 is 6.22. The number of carbonyl (C=O) groups excluding carboxylic acids is 2. The summed E-state index contributed by atoms with van der Waals surface area (Å²) in [4.78, 5) is 40.9. The Morgan fingerprint density at radius 1 is 1.21 bits per heavy atom. The van der Waals surface area contributed by atoms with E-state index < -0.39 is 23.8 Å². The summed E-state index contributed by atoms with van der Waals surface area (Å²) in [7, 11) is 0. The van der Waals surface area contributed by atoms with Crippen molar-refractivity contribution in [2.24, 2.45) is 0 Å². The van der Waals surface area contributed by atoms with Gasteiger partial charge in [-0.25, -0.2) is 0 Å². The van der Waals surface area contributed by atoms with Crippen molar-refractivity contribution in [1.29, 1.82) is 0 Å². The summed E-state index contributed by atoms with van der Waals surface area (Å²) in [5.41, 5.74) is 2.17. The van der Waals surface area contributed by atoms with E-state index in [2.05, 4.69) is 5.16 Å². The normalized spacial score (nSPS) is 19.6. The first-order valence-corrected chi connectivity index (χ1v) is 10.8. The molecule has 5 rings (SSSR count). The average molecular weight is 466 g/mol. The molecule has 2 aromatic carbocycles. The maximum Gasteiger partial charge on any atom is 0.323 e. The number of nitrogens with zero attached hydrogens (tertiary/aromatic N) is 3. The van der Waals surface area contributed by atoms with Crippen LogP contribution in [0.3, 0.4) is 0 Å². The van der Waals surface area contributed by atoms with E-state index >= 15 is 0 Å². The van der Waals surface area contributed by atoms with E-state index in [4.69, 9.17) is 16.1 Å². The highest BCUT2D eigenvalue weighted by molar-refractivity contribution is 6.31. The second kappa shape index (κ2) is 7.74. The number of fused-ring (bicyclic) bond motifs is 2. The van der Waals surface area contributed by atoms with Gasteiger partial charge in [-0.15, -0.1) is 0 Å². The van der Waals surface area contributed by atoms with E-state index in [-0.39, 0.29) is 25.4 Å². The van der Waals surface area contributed by atoms with Crippen molar-refractivity contribution in [3.8, 4) is 11.3 Å².